The molecule has 0 atom stereocenters. The topological polar surface area (TPSA) is 66.0 Å². The Kier molecular flexibility index (Phi) is 9.45. The molecule has 39 heavy (non-hydrogen) atoms. The van der Waals surface area contributed by atoms with Crippen LogP contribution in [0.3, 0.4) is 0 Å². The van der Waals surface area contributed by atoms with Crippen molar-refractivity contribution < 1.29 is 23.1 Å². The Labute approximate surface area is 244 Å². The summed E-state index contributed by atoms with van der Waals surface area (Å²) in [6.45, 7) is 19.4. The van der Waals surface area contributed by atoms with E-state index in [1.165, 1.54) is 0 Å². The number of nitrogens with one attached hydrogen (secondary N) is 1. The molecule has 1 fully saturated rings. The van der Waals surface area contributed by atoms with E-state index in [0.717, 1.165) is 5.56 Å². The summed E-state index contributed by atoms with van der Waals surface area (Å²) in [7, 11) is -2.66. The monoisotopic (exact) mass is 595 g/mol. The average molecular weight is 597 g/mol. The minimum absolute atomic E-state index is 0.146. The summed E-state index contributed by atoms with van der Waals surface area (Å²) in [4.78, 5) is 12.9. The van der Waals surface area contributed by atoms with Gasteiger partial charge in [-0.2, -0.15) is 0 Å². The number of carbonyl (C=O) groups is 1. The van der Waals surface area contributed by atoms with Gasteiger partial charge in [0.25, 0.3) is 0 Å². The summed E-state index contributed by atoms with van der Waals surface area (Å²) in [5.74, 6) is 1.25. The number of alkyl carbamates (subject to hydrolysis) is 1. The van der Waals surface area contributed by atoms with E-state index in [2.05, 4.69) is 46.9 Å². The van der Waals surface area contributed by atoms with E-state index >= 15 is 0 Å². The maximum Gasteiger partial charge on any atom is 0.408 e. The third-order valence-corrected chi connectivity index (χ3v) is 12.2. The number of hydrogen-bond acceptors (Lipinski definition) is 5. The highest BCUT2D eigenvalue weighted by Gasteiger charge is 2.62. The Bertz CT molecular complexity index is 1110. The van der Waals surface area contributed by atoms with E-state index in [1.54, 1.807) is 18.2 Å². The van der Waals surface area contributed by atoms with Crippen molar-refractivity contribution in [3.8, 4) is 11.5 Å². The molecule has 0 unspecified atom stereocenters. The van der Waals surface area contributed by atoms with Crippen LogP contribution in [0.4, 0.5) is 4.79 Å². The molecule has 1 amide bonds. The highest BCUT2D eigenvalue weighted by Crippen LogP contribution is 2.54. The Morgan fingerprint density at radius 1 is 0.872 bits per heavy atom. The zero-order valence-corrected chi connectivity index (χ0v) is 27.2. The number of rotatable bonds is 6. The Balaban J connectivity index is 1.77. The molecule has 0 radical (unpaired) electrons. The van der Waals surface area contributed by atoms with E-state index in [-0.39, 0.29) is 10.1 Å². The first kappa shape index (κ1) is 31.8. The van der Waals surface area contributed by atoms with E-state index in [4.69, 9.17) is 41.5 Å². The Morgan fingerprint density at radius 3 is 1.85 bits per heavy atom. The van der Waals surface area contributed by atoms with Gasteiger partial charge in [0, 0.05) is 20.1 Å². The van der Waals surface area contributed by atoms with Crippen LogP contribution < -0.4 is 10.1 Å². The number of amides is 1. The summed E-state index contributed by atoms with van der Waals surface area (Å²) < 4.78 is 25.0. The predicted octanol–water partition coefficient (Wildman–Crippen LogP) is 9.07. The van der Waals surface area contributed by atoms with Gasteiger partial charge in [0.05, 0.1) is 18.8 Å². The number of aryl methyl sites for hydroxylation is 1. The summed E-state index contributed by atoms with van der Waals surface area (Å²) >= 11 is 12.2. The molecular weight excluding hydrogens is 553 g/mol. The van der Waals surface area contributed by atoms with Crippen molar-refractivity contribution in [3.05, 3.63) is 58.1 Å². The second kappa shape index (κ2) is 11.6. The molecule has 0 aliphatic carbocycles. The fraction of sp³-hybridized carbons (Fsp3) is 0.567. The van der Waals surface area contributed by atoms with Gasteiger partial charge in [-0.1, -0.05) is 76.9 Å². The molecule has 3 rings (SSSR count). The molecule has 1 aliphatic heterocycles. The van der Waals surface area contributed by atoms with Crippen LogP contribution >= 0.6 is 23.2 Å². The number of benzene rings is 2. The van der Waals surface area contributed by atoms with Gasteiger partial charge in [0.15, 0.2) is 0 Å². The van der Waals surface area contributed by atoms with Gasteiger partial charge >= 0.3 is 14.7 Å². The van der Waals surface area contributed by atoms with Crippen LogP contribution in [0.2, 0.25) is 20.1 Å². The first-order valence-electron chi connectivity index (χ1n) is 13.4. The smallest absolute Gasteiger partial charge is 0.408 e. The first-order valence-corrected chi connectivity index (χ1v) is 15.9. The quantitative estimate of drug-likeness (QED) is 0.337. The lowest BCUT2D eigenvalue weighted by atomic mass is 9.92. The van der Waals surface area contributed by atoms with Gasteiger partial charge < -0.3 is 23.6 Å². The van der Waals surface area contributed by atoms with Gasteiger partial charge in [0.1, 0.15) is 17.1 Å². The predicted molar refractivity (Wildman–Crippen MR) is 160 cm³/mol. The largest absolute Gasteiger partial charge is 0.457 e. The first-order chi connectivity index (χ1) is 17.8. The summed E-state index contributed by atoms with van der Waals surface area (Å²) in [5, 5.41) is 3.85. The lowest BCUT2D eigenvalue weighted by Gasteiger charge is -2.55. The molecule has 216 valence electrons. The average Bonchev–Trinajstić information content (AvgIpc) is 2.75. The Hall–Kier alpha value is -1.77. The highest BCUT2D eigenvalue weighted by molar-refractivity contribution is 6.73. The summed E-state index contributed by atoms with van der Waals surface area (Å²) in [6, 6.07) is 12.9. The maximum absolute atomic E-state index is 12.9. The van der Waals surface area contributed by atoms with Crippen molar-refractivity contribution in [3.63, 3.8) is 0 Å². The van der Waals surface area contributed by atoms with Crippen LogP contribution in [0.5, 0.6) is 11.5 Å². The van der Waals surface area contributed by atoms with Gasteiger partial charge in [0.2, 0.25) is 0 Å². The lowest BCUT2D eigenvalue weighted by Crippen LogP contribution is -2.69. The molecule has 1 aliphatic rings. The van der Waals surface area contributed by atoms with E-state index in [9.17, 15) is 4.79 Å². The molecule has 1 N–H and O–H groups in total. The molecule has 9 heteroatoms. The van der Waals surface area contributed by atoms with Crippen molar-refractivity contribution >= 4 is 37.9 Å². The van der Waals surface area contributed by atoms with E-state index < -0.39 is 25.8 Å². The minimum Gasteiger partial charge on any atom is -0.457 e. The molecule has 1 saturated heterocycles. The lowest BCUT2D eigenvalue weighted by molar-refractivity contribution is -0.0144. The minimum atomic E-state index is -2.66. The zero-order valence-electron chi connectivity index (χ0n) is 24.7. The van der Waals surface area contributed by atoms with Crippen LogP contribution in [-0.2, 0) is 20.0 Å². The number of ether oxygens (including phenoxy) is 2. The molecular formula is C30H43Cl2NO5Si. The number of halogens is 2. The van der Waals surface area contributed by atoms with Crippen molar-refractivity contribution in [2.45, 2.75) is 96.4 Å². The van der Waals surface area contributed by atoms with Crippen molar-refractivity contribution in [1.29, 1.82) is 0 Å². The van der Waals surface area contributed by atoms with Crippen LogP contribution in [0.1, 0.15) is 74.3 Å². The van der Waals surface area contributed by atoms with Crippen LogP contribution in [-0.4, -0.2) is 39.0 Å². The molecule has 6 nitrogen and oxygen atoms in total. The Morgan fingerprint density at radius 2 is 1.38 bits per heavy atom. The van der Waals surface area contributed by atoms with Crippen LogP contribution in [0.25, 0.3) is 0 Å². The molecule has 1 heterocycles. The van der Waals surface area contributed by atoms with Crippen molar-refractivity contribution in [1.82, 2.24) is 5.32 Å². The van der Waals surface area contributed by atoms with Gasteiger partial charge in [-0.25, -0.2) is 4.79 Å². The molecule has 0 aromatic heterocycles. The van der Waals surface area contributed by atoms with E-state index in [0.29, 0.717) is 47.6 Å². The number of carbonyl (C=O) groups excluding carboxylic acids is 1. The van der Waals surface area contributed by atoms with Gasteiger partial charge in [-0.3, -0.25) is 0 Å². The molecule has 0 saturated carbocycles. The second-order valence-electron chi connectivity index (χ2n) is 13.5. The summed E-state index contributed by atoms with van der Waals surface area (Å²) in [6.07, 6.45) is 0.847. The SMILES string of the molecule is CC(C)(C)OC(=O)NC1(CCc2ccc(Oc3cc(Cl)cc(Cl)c3)cc2)CO[Si](C(C)(C)C)(C(C)(C)C)OC1. The molecule has 2 aromatic rings. The molecule has 0 bridgehead atoms. The standard InChI is InChI=1S/C30H43Cl2NO5Si/c1-27(2,3)38-26(34)33-30(19-35-39(36-20-30,28(4,5)6)29(7,8)9)15-14-21-10-12-24(13-11-21)37-25-17-22(31)16-23(32)18-25/h10-13,16-18H,14-15,19-20H2,1-9H3,(H,33,34). The molecule has 0 spiro atoms. The fourth-order valence-electron chi connectivity index (χ4n) is 5.18. The third kappa shape index (κ3) is 8.14. The number of hydrogen-bond donors (Lipinski definition) is 1. The second-order valence-corrected chi connectivity index (χ2v) is 19.1. The highest BCUT2D eigenvalue weighted by atomic mass is 35.5. The zero-order chi connectivity index (χ0) is 29.3. The maximum atomic E-state index is 12.9. The van der Waals surface area contributed by atoms with Crippen molar-refractivity contribution in [2.75, 3.05) is 13.2 Å². The van der Waals surface area contributed by atoms with Crippen molar-refractivity contribution in [2.24, 2.45) is 0 Å². The summed E-state index contributed by atoms with van der Waals surface area (Å²) in [5.41, 5.74) is -0.236. The van der Waals surface area contributed by atoms with Crippen LogP contribution in [0, 0.1) is 0 Å². The van der Waals surface area contributed by atoms with Gasteiger partial charge in [-0.05, 0) is 69.5 Å². The fourth-order valence-corrected chi connectivity index (χ4v) is 10.7. The van der Waals surface area contributed by atoms with E-state index in [1.807, 2.05) is 45.0 Å². The third-order valence-electron chi connectivity index (χ3n) is 6.73. The normalized spacial score (nSPS) is 17.4. The van der Waals surface area contributed by atoms with Gasteiger partial charge in [-0.15, -0.1) is 0 Å². The molecule has 2 aromatic carbocycles. The van der Waals surface area contributed by atoms with Crippen LogP contribution in [0.15, 0.2) is 42.5 Å².